The van der Waals surface area contributed by atoms with E-state index in [1.165, 1.54) is 25.7 Å². The van der Waals surface area contributed by atoms with Crippen molar-refractivity contribution in [2.75, 3.05) is 19.6 Å². The molecule has 3 heteroatoms. The third-order valence-electron chi connectivity index (χ3n) is 3.02. The van der Waals surface area contributed by atoms with Gasteiger partial charge in [-0.2, -0.15) is 0 Å². The molecule has 1 rings (SSSR count). The van der Waals surface area contributed by atoms with Crippen LogP contribution in [0.2, 0.25) is 0 Å². The molecule has 0 heterocycles. The first kappa shape index (κ1) is 12.0. The lowest BCUT2D eigenvalue weighted by atomic mass is 10.0. The summed E-state index contributed by atoms with van der Waals surface area (Å²) in [6.45, 7) is 2.39. The van der Waals surface area contributed by atoms with Crippen molar-refractivity contribution in [1.82, 2.24) is 5.32 Å². The van der Waals surface area contributed by atoms with E-state index in [0.29, 0.717) is 0 Å². The van der Waals surface area contributed by atoms with Crippen molar-refractivity contribution in [1.29, 1.82) is 0 Å². The Morgan fingerprint density at radius 2 is 2.07 bits per heavy atom. The lowest BCUT2D eigenvalue weighted by Gasteiger charge is -2.15. The Morgan fingerprint density at radius 1 is 1.36 bits per heavy atom. The zero-order valence-corrected chi connectivity index (χ0v) is 9.04. The molecule has 1 atom stereocenters. The van der Waals surface area contributed by atoms with Gasteiger partial charge in [0.2, 0.25) is 0 Å². The van der Waals surface area contributed by atoms with Crippen molar-refractivity contribution in [3.8, 4) is 0 Å². The van der Waals surface area contributed by atoms with E-state index in [0.717, 1.165) is 38.4 Å². The second-order valence-electron chi connectivity index (χ2n) is 4.39. The van der Waals surface area contributed by atoms with Crippen LogP contribution in [0.3, 0.4) is 0 Å². The Balaban J connectivity index is 1.95. The maximum atomic E-state index is 9.72. The minimum atomic E-state index is -0.157. The minimum Gasteiger partial charge on any atom is -0.392 e. The summed E-state index contributed by atoms with van der Waals surface area (Å²) in [5.41, 5.74) is 5.37. The van der Waals surface area contributed by atoms with Gasteiger partial charge in [-0.05, 0) is 31.8 Å². The van der Waals surface area contributed by atoms with E-state index in [1.807, 2.05) is 0 Å². The summed E-state index contributed by atoms with van der Waals surface area (Å²) >= 11 is 0. The third-order valence-corrected chi connectivity index (χ3v) is 3.02. The molecule has 4 N–H and O–H groups in total. The van der Waals surface area contributed by atoms with Crippen LogP contribution in [0.25, 0.3) is 0 Å². The number of nitrogens with two attached hydrogens (primary N) is 1. The summed E-state index contributed by atoms with van der Waals surface area (Å²) in [5, 5.41) is 12.9. The van der Waals surface area contributed by atoms with Crippen molar-refractivity contribution in [2.45, 2.75) is 44.6 Å². The molecular weight excluding hydrogens is 176 g/mol. The largest absolute Gasteiger partial charge is 0.392 e. The molecule has 84 valence electrons. The molecule has 0 aromatic rings. The number of rotatable bonds is 7. The predicted molar refractivity (Wildman–Crippen MR) is 59.1 cm³/mol. The van der Waals surface area contributed by atoms with Crippen molar-refractivity contribution in [3.05, 3.63) is 0 Å². The van der Waals surface area contributed by atoms with Crippen LogP contribution >= 0.6 is 0 Å². The van der Waals surface area contributed by atoms with E-state index in [1.54, 1.807) is 0 Å². The summed E-state index contributed by atoms with van der Waals surface area (Å²) < 4.78 is 0. The Labute approximate surface area is 87.1 Å². The van der Waals surface area contributed by atoms with Crippen molar-refractivity contribution in [3.63, 3.8) is 0 Å². The quantitative estimate of drug-likeness (QED) is 0.534. The van der Waals surface area contributed by atoms with Gasteiger partial charge in [-0.1, -0.05) is 25.7 Å². The molecule has 1 saturated carbocycles. The zero-order chi connectivity index (χ0) is 10.2. The normalized spacial score (nSPS) is 20.1. The van der Waals surface area contributed by atoms with Crippen LogP contribution in [0.1, 0.15) is 38.5 Å². The van der Waals surface area contributed by atoms with Crippen LogP contribution in [0.5, 0.6) is 0 Å². The molecule has 0 bridgehead atoms. The smallest absolute Gasteiger partial charge is 0.0667 e. The molecule has 0 aromatic carbocycles. The van der Waals surface area contributed by atoms with Crippen molar-refractivity contribution >= 4 is 0 Å². The topological polar surface area (TPSA) is 58.3 Å². The maximum Gasteiger partial charge on any atom is 0.0667 e. The molecule has 3 nitrogen and oxygen atoms in total. The molecule has 0 amide bonds. The first-order valence-corrected chi connectivity index (χ1v) is 5.91. The maximum absolute atomic E-state index is 9.72. The number of hydrogen-bond acceptors (Lipinski definition) is 3. The van der Waals surface area contributed by atoms with Gasteiger partial charge in [0.1, 0.15) is 0 Å². The third kappa shape index (κ3) is 4.94. The van der Waals surface area contributed by atoms with Gasteiger partial charge in [0.05, 0.1) is 6.10 Å². The van der Waals surface area contributed by atoms with E-state index < -0.39 is 0 Å². The first-order chi connectivity index (χ1) is 6.83. The van der Waals surface area contributed by atoms with E-state index in [2.05, 4.69) is 5.32 Å². The molecule has 1 fully saturated rings. The molecule has 14 heavy (non-hydrogen) atoms. The van der Waals surface area contributed by atoms with E-state index in [-0.39, 0.29) is 6.10 Å². The average Bonchev–Trinajstić information content (AvgIpc) is 2.65. The molecular formula is C11H24N2O. The van der Waals surface area contributed by atoms with Crippen LogP contribution in [0, 0.1) is 5.92 Å². The van der Waals surface area contributed by atoms with Crippen LogP contribution in [-0.2, 0) is 0 Å². The highest BCUT2D eigenvalue weighted by Crippen LogP contribution is 2.28. The first-order valence-electron chi connectivity index (χ1n) is 5.91. The number of aliphatic hydroxyl groups excluding tert-OH is 1. The summed E-state index contributed by atoms with van der Waals surface area (Å²) in [5.74, 6) is 0.779. The van der Waals surface area contributed by atoms with Crippen molar-refractivity contribution < 1.29 is 5.11 Å². The fourth-order valence-corrected chi connectivity index (χ4v) is 2.21. The zero-order valence-electron chi connectivity index (χ0n) is 9.04. The van der Waals surface area contributed by atoms with Gasteiger partial charge in [-0.3, -0.25) is 0 Å². The highest BCUT2D eigenvalue weighted by Gasteiger charge is 2.18. The van der Waals surface area contributed by atoms with E-state index >= 15 is 0 Å². The van der Waals surface area contributed by atoms with Crippen LogP contribution in [-0.4, -0.2) is 30.8 Å². The lowest BCUT2D eigenvalue weighted by Crippen LogP contribution is -2.29. The SMILES string of the molecule is NCCCNCC(O)CC1CCCC1. The fraction of sp³-hybridized carbons (Fsp3) is 1.00. The molecule has 0 aromatic heterocycles. The van der Waals surface area contributed by atoms with E-state index in [4.69, 9.17) is 5.73 Å². The second kappa shape index (κ2) is 7.21. The standard InChI is InChI=1S/C11H24N2O/c12-6-3-7-13-9-11(14)8-10-4-1-2-5-10/h10-11,13-14H,1-9,12H2. The van der Waals surface area contributed by atoms with Gasteiger partial charge >= 0.3 is 0 Å². The van der Waals surface area contributed by atoms with Crippen LogP contribution in [0.4, 0.5) is 0 Å². The average molecular weight is 200 g/mol. The summed E-state index contributed by atoms with van der Waals surface area (Å²) in [4.78, 5) is 0. The number of hydrogen-bond donors (Lipinski definition) is 3. The fourth-order valence-electron chi connectivity index (χ4n) is 2.21. The summed E-state index contributed by atoms with van der Waals surface area (Å²) in [7, 11) is 0. The van der Waals surface area contributed by atoms with Crippen molar-refractivity contribution in [2.24, 2.45) is 11.7 Å². The Kier molecular flexibility index (Phi) is 6.15. The van der Waals surface area contributed by atoms with Crippen LogP contribution < -0.4 is 11.1 Å². The molecule has 1 aliphatic rings. The Hall–Kier alpha value is -0.120. The van der Waals surface area contributed by atoms with Gasteiger partial charge in [0.15, 0.2) is 0 Å². The number of aliphatic hydroxyl groups is 1. The highest BCUT2D eigenvalue weighted by molar-refractivity contribution is 4.72. The molecule has 1 aliphatic carbocycles. The molecule has 0 spiro atoms. The number of nitrogens with one attached hydrogen (secondary N) is 1. The molecule has 0 saturated heterocycles. The summed E-state index contributed by atoms with van der Waals surface area (Å²) in [6, 6.07) is 0. The van der Waals surface area contributed by atoms with E-state index in [9.17, 15) is 5.11 Å². The summed E-state index contributed by atoms with van der Waals surface area (Å²) in [6.07, 6.45) is 7.18. The van der Waals surface area contributed by atoms with Gasteiger partial charge < -0.3 is 16.2 Å². The predicted octanol–water partition coefficient (Wildman–Crippen LogP) is 0.866. The van der Waals surface area contributed by atoms with Gasteiger partial charge in [-0.25, -0.2) is 0 Å². The second-order valence-corrected chi connectivity index (χ2v) is 4.39. The Morgan fingerprint density at radius 3 is 2.71 bits per heavy atom. The molecule has 1 unspecified atom stereocenters. The minimum absolute atomic E-state index is 0.157. The highest BCUT2D eigenvalue weighted by atomic mass is 16.3. The lowest BCUT2D eigenvalue weighted by molar-refractivity contribution is 0.141. The monoisotopic (exact) mass is 200 g/mol. The Bertz CT molecular complexity index is 135. The van der Waals surface area contributed by atoms with Gasteiger partial charge in [0.25, 0.3) is 0 Å². The molecule has 0 aliphatic heterocycles. The van der Waals surface area contributed by atoms with Crippen LogP contribution in [0.15, 0.2) is 0 Å². The molecule has 0 radical (unpaired) electrons. The van der Waals surface area contributed by atoms with Gasteiger partial charge in [-0.15, -0.1) is 0 Å². The van der Waals surface area contributed by atoms with Gasteiger partial charge in [0, 0.05) is 6.54 Å².